The third-order valence-electron chi connectivity index (χ3n) is 2.32. The van der Waals surface area contributed by atoms with Gasteiger partial charge in [-0.25, -0.2) is 4.98 Å². The number of aromatic nitrogens is 2. The van der Waals surface area contributed by atoms with Crippen molar-refractivity contribution in [3.05, 3.63) is 46.5 Å². The van der Waals surface area contributed by atoms with Crippen LogP contribution in [0, 0.1) is 0 Å². The molecular weight excluding hydrogens is 220 g/mol. The lowest BCUT2D eigenvalue weighted by atomic mass is 10.2. The Morgan fingerprint density at radius 2 is 2.29 bits per heavy atom. The molecule has 88 valence electrons. The van der Waals surface area contributed by atoms with Gasteiger partial charge in [0.15, 0.2) is 0 Å². The van der Waals surface area contributed by atoms with E-state index in [2.05, 4.69) is 4.98 Å². The van der Waals surface area contributed by atoms with Crippen LogP contribution in [0.1, 0.15) is 12.5 Å². The standard InChI is InChI=1S/C12H12N2O3/c1-2-17-11(15)7-9-8-13-10-5-3-4-6-14(10)12(9)16/h3-6,8H,2,7H2,1H3. The van der Waals surface area contributed by atoms with Gasteiger partial charge in [-0.1, -0.05) is 6.07 Å². The summed E-state index contributed by atoms with van der Waals surface area (Å²) < 4.78 is 6.21. The van der Waals surface area contributed by atoms with E-state index in [1.807, 2.05) is 0 Å². The number of pyridine rings is 1. The quantitative estimate of drug-likeness (QED) is 0.734. The molecule has 0 aliphatic heterocycles. The maximum atomic E-state index is 12.0. The van der Waals surface area contributed by atoms with E-state index in [9.17, 15) is 9.59 Å². The molecule has 0 fully saturated rings. The SMILES string of the molecule is CCOC(=O)Cc1cnc2ccccn2c1=O. The van der Waals surface area contributed by atoms with Gasteiger partial charge < -0.3 is 4.74 Å². The van der Waals surface area contributed by atoms with Gasteiger partial charge in [0.1, 0.15) is 5.65 Å². The molecule has 2 aromatic rings. The number of carbonyl (C=O) groups excluding carboxylic acids is 1. The van der Waals surface area contributed by atoms with E-state index in [4.69, 9.17) is 4.74 Å². The molecule has 0 aliphatic carbocycles. The van der Waals surface area contributed by atoms with Crippen molar-refractivity contribution in [2.45, 2.75) is 13.3 Å². The molecular formula is C12H12N2O3. The lowest BCUT2D eigenvalue weighted by Gasteiger charge is -2.03. The van der Waals surface area contributed by atoms with Gasteiger partial charge in [-0.15, -0.1) is 0 Å². The Morgan fingerprint density at radius 1 is 1.47 bits per heavy atom. The second kappa shape index (κ2) is 4.78. The molecule has 0 atom stereocenters. The third kappa shape index (κ3) is 2.33. The average molecular weight is 232 g/mol. The monoisotopic (exact) mass is 232 g/mol. The predicted molar refractivity (Wildman–Crippen MR) is 61.8 cm³/mol. The van der Waals surface area contributed by atoms with E-state index >= 15 is 0 Å². The van der Waals surface area contributed by atoms with Crippen LogP contribution < -0.4 is 5.56 Å². The first-order valence-electron chi connectivity index (χ1n) is 5.33. The first-order chi connectivity index (χ1) is 8.22. The summed E-state index contributed by atoms with van der Waals surface area (Å²) in [5, 5.41) is 0. The molecule has 0 spiro atoms. The van der Waals surface area contributed by atoms with E-state index in [0.29, 0.717) is 17.8 Å². The van der Waals surface area contributed by atoms with Crippen molar-refractivity contribution in [1.82, 2.24) is 9.38 Å². The summed E-state index contributed by atoms with van der Waals surface area (Å²) in [6.45, 7) is 2.03. The number of esters is 1. The summed E-state index contributed by atoms with van der Waals surface area (Å²) in [6.07, 6.45) is 3.01. The summed E-state index contributed by atoms with van der Waals surface area (Å²) in [5.74, 6) is -0.415. The smallest absolute Gasteiger partial charge is 0.310 e. The van der Waals surface area contributed by atoms with Gasteiger partial charge in [0.05, 0.1) is 13.0 Å². The third-order valence-corrected chi connectivity index (χ3v) is 2.32. The van der Waals surface area contributed by atoms with Gasteiger partial charge in [0.2, 0.25) is 0 Å². The van der Waals surface area contributed by atoms with Crippen molar-refractivity contribution >= 4 is 11.6 Å². The lowest BCUT2D eigenvalue weighted by Crippen LogP contribution is -2.22. The van der Waals surface area contributed by atoms with Crippen molar-refractivity contribution in [3.8, 4) is 0 Å². The fourth-order valence-corrected chi connectivity index (χ4v) is 1.55. The zero-order chi connectivity index (χ0) is 12.3. The fraction of sp³-hybridized carbons (Fsp3) is 0.250. The fourth-order valence-electron chi connectivity index (χ4n) is 1.55. The molecule has 2 aromatic heterocycles. The first kappa shape index (κ1) is 11.3. The molecule has 0 aliphatic rings. The molecule has 0 saturated carbocycles. The summed E-state index contributed by atoms with van der Waals surface area (Å²) in [7, 11) is 0. The minimum atomic E-state index is -0.415. The van der Waals surface area contributed by atoms with E-state index < -0.39 is 5.97 Å². The maximum Gasteiger partial charge on any atom is 0.310 e. The molecule has 0 bridgehead atoms. The van der Waals surface area contributed by atoms with Crippen LogP contribution >= 0.6 is 0 Å². The Balaban J connectivity index is 2.39. The second-order valence-corrected chi connectivity index (χ2v) is 3.50. The molecule has 0 unspecified atom stereocenters. The molecule has 0 amide bonds. The van der Waals surface area contributed by atoms with Gasteiger partial charge in [-0.05, 0) is 19.1 Å². The van der Waals surface area contributed by atoms with Crippen molar-refractivity contribution in [2.75, 3.05) is 6.61 Å². The Morgan fingerprint density at radius 3 is 3.06 bits per heavy atom. The number of hydrogen-bond donors (Lipinski definition) is 0. The van der Waals surface area contributed by atoms with Gasteiger partial charge in [-0.3, -0.25) is 14.0 Å². The molecule has 0 N–H and O–H groups in total. The maximum absolute atomic E-state index is 12.0. The van der Waals surface area contributed by atoms with Crippen LogP contribution in [0.15, 0.2) is 35.4 Å². The normalized spacial score (nSPS) is 10.4. The van der Waals surface area contributed by atoms with Crippen molar-refractivity contribution in [2.24, 2.45) is 0 Å². The highest BCUT2D eigenvalue weighted by atomic mass is 16.5. The van der Waals surface area contributed by atoms with Crippen LogP contribution in [0.25, 0.3) is 5.65 Å². The first-order valence-corrected chi connectivity index (χ1v) is 5.33. The number of nitrogens with zero attached hydrogens (tertiary/aromatic N) is 2. The number of ether oxygens (including phenoxy) is 1. The minimum absolute atomic E-state index is 0.0441. The molecule has 5 heteroatoms. The van der Waals surface area contributed by atoms with Crippen molar-refractivity contribution in [3.63, 3.8) is 0 Å². The molecule has 2 rings (SSSR count). The Kier molecular flexibility index (Phi) is 3.18. The zero-order valence-corrected chi connectivity index (χ0v) is 9.42. The van der Waals surface area contributed by atoms with Crippen LogP contribution in [0.3, 0.4) is 0 Å². The van der Waals surface area contributed by atoms with Gasteiger partial charge in [0, 0.05) is 18.0 Å². The molecule has 0 aromatic carbocycles. The Hall–Kier alpha value is -2.17. The Labute approximate surface area is 97.7 Å². The van der Waals surface area contributed by atoms with Crippen molar-refractivity contribution < 1.29 is 9.53 Å². The van der Waals surface area contributed by atoms with Gasteiger partial charge >= 0.3 is 5.97 Å². The number of carbonyl (C=O) groups is 1. The van der Waals surface area contributed by atoms with Crippen molar-refractivity contribution in [1.29, 1.82) is 0 Å². The van der Waals surface area contributed by atoms with Crippen LogP contribution in [0.5, 0.6) is 0 Å². The largest absolute Gasteiger partial charge is 0.466 e. The lowest BCUT2D eigenvalue weighted by molar-refractivity contribution is -0.142. The van der Waals surface area contributed by atoms with Crippen LogP contribution in [0.2, 0.25) is 0 Å². The average Bonchev–Trinajstić information content (AvgIpc) is 2.33. The van der Waals surface area contributed by atoms with Crippen LogP contribution in [-0.4, -0.2) is 22.0 Å². The highest BCUT2D eigenvalue weighted by Crippen LogP contribution is 1.99. The predicted octanol–water partition coefficient (Wildman–Crippen LogP) is 0.800. The molecule has 2 heterocycles. The highest BCUT2D eigenvalue weighted by molar-refractivity contribution is 5.72. The van der Waals surface area contributed by atoms with E-state index in [1.54, 1.807) is 31.3 Å². The highest BCUT2D eigenvalue weighted by Gasteiger charge is 2.09. The van der Waals surface area contributed by atoms with E-state index in [1.165, 1.54) is 10.6 Å². The van der Waals surface area contributed by atoms with Gasteiger partial charge in [0.25, 0.3) is 5.56 Å². The summed E-state index contributed by atoms with van der Waals surface area (Å²) in [4.78, 5) is 27.4. The summed E-state index contributed by atoms with van der Waals surface area (Å²) in [5.41, 5.74) is 0.668. The molecule has 0 radical (unpaired) electrons. The molecule has 17 heavy (non-hydrogen) atoms. The van der Waals surface area contributed by atoms with Gasteiger partial charge in [-0.2, -0.15) is 0 Å². The topological polar surface area (TPSA) is 60.7 Å². The number of rotatable bonds is 3. The molecule has 5 nitrogen and oxygen atoms in total. The van der Waals surface area contributed by atoms with Crippen LogP contribution in [-0.2, 0) is 16.0 Å². The summed E-state index contributed by atoms with van der Waals surface area (Å²) >= 11 is 0. The molecule has 0 saturated heterocycles. The van der Waals surface area contributed by atoms with Crippen LogP contribution in [0.4, 0.5) is 0 Å². The summed E-state index contributed by atoms with van der Waals surface area (Å²) in [6, 6.07) is 5.27. The second-order valence-electron chi connectivity index (χ2n) is 3.50. The number of hydrogen-bond acceptors (Lipinski definition) is 4. The van der Waals surface area contributed by atoms with E-state index in [-0.39, 0.29) is 12.0 Å². The minimum Gasteiger partial charge on any atom is -0.466 e. The van der Waals surface area contributed by atoms with E-state index in [0.717, 1.165) is 0 Å². The zero-order valence-electron chi connectivity index (χ0n) is 9.42. The number of fused-ring (bicyclic) bond motifs is 1. The Bertz CT molecular complexity index is 604.